The summed E-state index contributed by atoms with van der Waals surface area (Å²) in [6.07, 6.45) is 3.44. The zero-order valence-electron chi connectivity index (χ0n) is 11.1. The molecule has 1 heterocycles. The van der Waals surface area contributed by atoms with Gasteiger partial charge in [-0.3, -0.25) is 4.79 Å². The predicted molar refractivity (Wildman–Crippen MR) is 73.1 cm³/mol. The molecule has 1 aromatic carbocycles. The number of rotatable bonds is 3. The van der Waals surface area contributed by atoms with E-state index in [2.05, 4.69) is 18.2 Å². The minimum atomic E-state index is -0.00371. The van der Waals surface area contributed by atoms with Crippen LogP contribution >= 0.6 is 0 Å². The molecule has 1 aliphatic heterocycles. The topological polar surface area (TPSA) is 46.3 Å². The van der Waals surface area contributed by atoms with Gasteiger partial charge in [0, 0.05) is 25.6 Å². The molecule has 0 aromatic heterocycles. The van der Waals surface area contributed by atoms with E-state index in [0.717, 1.165) is 32.4 Å². The van der Waals surface area contributed by atoms with Crippen LogP contribution in [0.15, 0.2) is 24.3 Å². The van der Waals surface area contributed by atoms with E-state index in [-0.39, 0.29) is 11.9 Å². The molecular weight excluding hydrogens is 224 g/mol. The molecule has 0 radical (unpaired) electrons. The van der Waals surface area contributed by atoms with Crippen LogP contribution in [0.1, 0.15) is 37.3 Å². The Bertz CT molecular complexity index is 417. The number of benzene rings is 1. The van der Waals surface area contributed by atoms with Crippen molar-refractivity contribution in [1.82, 2.24) is 4.90 Å². The molecule has 1 amide bonds. The SMILES string of the molecule is CCC(N)CC(=O)N1CCCc2ccccc2C1. The van der Waals surface area contributed by atoms with Crippen LogP contribution in [0.2, 0.25) is 0 Å². The van der Waals surface area contributed by atoms with Gasteiger partial charge in [-0.05, 0) is 30.4 Å². The Hall–Kier alpha value is -1.35. The third kappa shape index (κ3) is 3.10. The van der Waals surface area contributed by atoms with Crippen LogP contribution in [-0.4, -0.2) is 23.4 Å². The number of aryl methyl sites for hydroxylation is 1. The first-order valence-electron chi connectivity index (χ1n) is 6.81. The highest BCUT2D eigenvalue weighted by atomic mass is 16.2. The zero-order valence-corrected chi connectivity index (χ0v) is 11.1. The molecule has 0 spiro atoms. The molecule has 1 aromatic rings. The molecule has 1 unspecified atom stereocenters. The van der Waals surface area contributed by atoms with Crippen LogP contribution < -0.4 is 5.73 Å². The van der Waals surface area contributed by atoms with Crippen molar-refractivity contribution in [3.8, 4) is 0 Å². The smallest absolute Gasteiger partial charge is 0.224 e. The Kier molecular flexibility index (Phi) is 4.37. The quantitative estimate of drug-likeness (QED) is 0.887. The molecule has 2 N–H and O–H groups in total. The van der Waals surface area contributed by atoms with Gasteiger partial charge >= 0.3 is 0 Å². The van der Waals surface area contributed by atoms with Gasteiger partial charge in [-0.1, -0.05) is 31.2 Å². The molecule has 3 heteroatoms. The van der Waals surface area contributed by atoms with Crippen LogP contribution in [0.4, 0.5) is 0 Å². The lowest BCUT2D eigenvalue weighted by Crippen LogP contribution is -2.35. The molecule has 0 fully saturated rings. The Morgan fingerprint density at radius 1 is 1.39 bits per heavy atom. The maximum atomic E-state index is 12.2. The van der Waals surface area contributed by atoms with Crippen molar-refractivity contribution in [1.29, 1.82) is 0 Å². The molecular formula is C15H22N2O. The van der Waals surface area contributed by atoms with Gasteiger partial charge in [0.2, 0.25) is 5.91 Å². The van der Waals surface area contributed by atoms with Gasteiger partial charge in [-0.2, -0.15) is 0 Å². The minimum absolute atomic E-state index is 0.00371. The van der Waals surface area contributed by atoms with Crippen molar-refractivity contribution in [3.05, 3.63) is 35.4 Å². The van der Waals surface area contributed by atoms with Crippen LogP contribution in [-0.2, 0) is 17.8 Å². The first-order valence-corrected chi connectivity index (χ1v) is 6.81. The standard InChI is InChI=1S/C15H22N2O/c1-2-14(16)10-15(18)17-9-5-8-12-6-3-4-7-13(12)11-17/h3-4,6-7,14H,2,5,8-11,16H2,1H3. The van der Waals surface area contributed by atoms with Crippen LogP contribution in [0.3, 0.4) is 0 Å². The van der Waals surface area contributed by atoms with E-state index in [0.29, 0.717) is 6.42 Å². The summed E-state index contributed by atoms with van der Waals surface area (Å²) in [6.45, 7) is 3.62. The zero-order chi connectivity index (χ0) is 13.0. The molecule has 98 valence electrons. The van der Waals surface area contributed by atoms with Gasteiger partial charge in [0.15, 0.2) is 0 Å². The molecule has 3 nitrogen and oxygen atoms in total. The van der Waals surface area contributed by atoms with Gasteiger partial charge in [0.25, 0.3) is 0 Å². The summed E-state index contributed by atoms with van der Waals surface area (Å²) in [5.41, 5.74) is 8.53. The van der Waals surface area contributed by atoms with Crippen molar-refractivity contribution < 1.29 is 4.79 Å². The van der Waals surface area contributed by atoms with Gasteiger partial charge < -0.3 is 10.6 Å². The first kappa shape index (κ1) is 13.1. The van der Waals surface area contributed by atoms with E-state index in [9.17, 15) is 4.79 Å². The highest BCUT2D eigenvalue weighted by Crippen LogP contribution is 2.19. The van der Waals surface area contributed by atoms with E-state index >= 15 is 0 Å². The van der Waals surface area contributed by atoms with E-state index in [1.807, 2.05) is 17.9 Å². The number of carbonyl (C=O) groups excluding carboxylic acids is 1. The van der Waals surface area contributed by atoms with Crippen LogP contribution in [0, 0.1) is 0 Å². The fraction of sp³-hybridized carbons (Fsp3) is 0.533. The number of hydrogen-bond acceptors (Lipinski definition) is 2. The highest BCUT2D eigenvalue weighted by molar-refractivity contribution is 5.77. The van der Waals surface area contributed by atoms with E-state index in [1.54, 1.807) is 0 Å². The van der Waals surface area contributed by atoms with E-state index < -0.39 is 0 Å². The first-order chi connectivity index (χ1) is 8.70. The summed E-state index contributed by atoms with van der Waals surface area (Å²) in [4.78, 5) is 14.1. The van der Waals surface area contributed by atoms with E-state index in [4.69, 9.17) is 5.73 Å². The summed E-state index contributed by atoms with van der Waals surface area (Å²) in [6, 6.07) is 8.41. The molecule has 1 atom stereocenters. The molecule has 0 aliphatic carbocycles. The van der Waals surface area contributed by atoms with Crippen molar-refractivity contribution in [3.63, 3.8) is 0 Å². The van der Waals surface area contributed by atoms with Crippen molar-refractivity contribution in [2.45, 2.75) is 45.2 Å². The number of amides is 1. The van der Waals surface area contributed by atoms with Crippen molar-refractivity contribution in [2.24, 2.45) is 5.73 Å². The molecule has 1 aliphatic rings. The van der Waals surface area contributed by atoms with Crippen molar-refractivity contribution >= 4 is 5.91 Å². The lowest BCUT2D eigenvalue weighted by molar-refractivity contribution is -0.132. The summed E-state index contributed by atoms with van der Waals surface area (Å²) in [5.74, 6) is 0.195. The van der Waals surface area contributed by atoms with Gasteiger partial charge in [-0.25, -0.2) is 0 Å². The highest BCUT2D eigenvalue weighted by Gasteiger charge is 2.19. The lowest BCUT2D eigenvalue weighted by atomic mass is 10.0. The van der Waals surface area contributed by atoms with Crippen molar-refractivity contribution in [2.75, 3.05) is 6.54 Å². The molecule has 0 saturated heterocycles. The Morgan fingerprint density at radius 2 is 2.11 bits per heavy atom. The second kappa shape index (κ2) is 6.01. The fourth-order valence-corrected chi connectivity index (χ4v) is 2.41. The average Bonchev–Trinajstić information content (AvgIpc) is 2.60. The third-order valence-corrected chi connectivity index (χ3v) is 3.67. The van der Waals surface area contributed by atoms with Gasteiger partial charge in [0.1, 0.15) is 0 Å². The van der Waals surface area contributed by atoms with Crippen LogP contribution in [0.5, 0.6) is 0 Å². The Morgan fingerprint density at radius 3 is 2.83 bits per heavy atom. The average molecular weight is 246 g/mol. The third-order valence-electron chi connectivity index (χ3n) is 3.67. The predicted octanol–water partition coefficient (Wildman–Crippen LogP) is 2.09. The molecule has 0 bridgehead atoms. The number of nitrogens with two attached hydrogens (primary N) is 1. The monoisotopic (exact) mass is 246 g/mol. The summed E-state index contributed by atoms with van der Waals surface area (Å²) < 4.78 is 0. The Balaban J connectivity index is 2.05. The minimum Gasteiger partial charge on any atom is -0.338 e. The summed E-state index contributed by atoms with van der Waals surface area (Å²) in [7, 11) is 0. The summed E-state index contributed by atoms with van der Waals surface area (Å²) >= 11 is 0. The molecule has 18 heavy (non-hydrogen) atoms. The normalized spacial score (nSPS) is 16.9. The number of fused-ring (bicyclic) bond motifs is 1. The lowest BCUT2D eigenvalue weighted by Gasteiger charge is -2.22. The number of carbonyl (C=O) groups is 1. The molecule has 0 saturated carbocycles. The maximum absolute atomic E-state index is 12.2. The second-order valence-corrected chi connectivity index (χ2v) is 5.06. The second-order valence-electron chi connectivity index (χ2n) is 5.06. The van der Waals surface area contributed by atoms with Crippen LogP contribution in [0.25, 0.3) is 0 Å². The molecule has 2 rings (SSSR count). The maximum Gasteiger partial charge on any atom is 0.224 e. The Labute approximate surface area is 109 Å². The largest absolute Gasteiger partial charge is 0.338 e. The summed E-state index contributed by atoms with van der Waals surface area (Å²) in [5, 5.41) is 0. The van der Waals surface area contributed by atoms with Gasteiger partial charge in [0.05, 0.1) is 0 Å². The number of nitrogens with zero attached hydrogens (tertiary/aromatic N) is 1. The fourth-order valence-electron chi connectivity index (χ4n) is 2.41. The number of hydrogen-bond donors (Lipinski definition) is 1. The van der Waals surface area contributed by atoms with Gasteiger partial charge in [-0.15, -0.1) is 0 Å². The van der Waals surface area contributed by atoms with E-state index in [1.165, 1.54) is 11.1 Å².